The van der Waals surface area contributed by atoms with Gasteiger partial charge in [0.2, 0.25) is 6.10 Å². The number of methoxy groups -OCH3 is 2. The lowest BCUT2D eigenvalue weighted by molar-refractivity contribution is -0.126. The summed E-state index contributed by atoms with van der Waals surface area (Å²) in [6.45, 7) is 3.83. The van der Waals surface area contributed by atoms with Crippen molar-refractivity contribution in [1.82, 2.24) is 0 Å². The van der Waals surface area contributed by atoms with Crippen LogP contribution in [0.3, 0.4) is 0 Å². The molecule has 1 heterocycles. The molecule has 0 aromatic heterocycles. The highest BCUT2D eigenvalue weighted by Crippen LogP contribution is 2.29. The quantitative estimate of drug-likeness (QED) is 0.524. The maximum absolute atomic E-state index is 12.4. The van der Waals surface area contributed by atoms with E-state index in [1.165, 1.54) is 31.2 Å². The van der Waals surface area contributed by atoms with Crippen molar-refractivity contribution in [2.75, 3.05) is 37.5 Å². The van der Waals surface area contributed by atoms with Gasteiger partial charge in [0.1, 0.15) is 0 Å². The lowest BCUT2D eigenvalue weighted by Gasteiger charge is -2.28. The lowest BCUT2D eigenvalue weighted by atomic mass is 10.1. The van der Waals surface area contributed by atoms with Crippen LogP contribution in [0.25, 0.3) is 0 Å². The van der Waals surface area contributed by atoms with Gasteiger partial charge in [-0.05, 0) is 62.6 Å². The van der Waals surface area contributed by atoms with Crippen LogP contribution in [0, 0.1) is 0 Å². The monoisotopic (exact) mass is 411 g/mol. The highest BCUT2D eigenvalue weighted by Gasteiger charge is 2.15. The number of para-hydroxylation sites is 1. The first-order chi connectivity index (χ1) is 14.6. The summed E-state index contributed by atoms with van der Waals surface area (Å²) in [5.74, 6) is 0.883. The van der Waals surface area contributed by atoms with Crippen LogP contribution >= 0.6 is 0 Å². The second-order valence-corrected chi connectivity index (χ2v) is 7.15. The molecule has 0 radical (unpaired) electrons. The predicted octanol–water partition coefficient (Wildman–Crippen LogP) is 4.07. The number of benzene rings is 2. The lowest BCUT2D eigenvalue weighted by Crippen LogP contribution is -2.29. The average molecular weight is 412 g/mol. The highest BCUT2D eigenvalue weighted by molar-refractivity contribution is 5.94. The molecule has 2 aromatic rings. The summed E-state index contributed by atoms with van der Waals surface area (Å²) < 4.78 is 10.6. The topological polar surface area (TPSA) is 72.4 Å². The summed E-state index contributed by atoms with van der Waals surface area (Å²) in [5, 5.41) is 6.80. The molecule has 0 aliphatic carbocycles. The predicted molar refractivity (Wildman–Crippen MR) is 119 cm³/mol. The zero-order chi connectivity index (χ0) is 21.3. The molecular formula is C23H29N3O4. The Kier molecular flexibility index (Phi) is 7.54. The number of anilines is 2. The summed E-state index contributed by atoms with van der Waals surface area (Å²) >= 11 is 0. The molecule has 3 rings (SSSR count). The molecule has 30 heavy (non-hydrogen) atoms. The van der Waals surface area contributed by atoms with E-state index in [1.807, 2.05) is 36.4 Å². The van der Waals surface area contributed by atoms with E-state index < -0.39 is 6.10 Å². The Labute approximate surface area is 177 Å². The number of rotatable bonds is 8. The van der Waals surface area contributed by atoms with Crippen molar-refractivity contribution in [1.29, 1.82) is 0 Å². The van der Waals surface area contributed by atoms with Crippen LogP contribution in [0.4, 0.5) is 11.4 Å². The van der Waals surface area contributed by atoms with Gasteiger partial charge in [0.05, 0.1) is 20.4 Å². The van der Waals surface area contributed by atoms with E-state index in [-0.39, 0.29) is 5.91 Å². The van der Waals surface area contributed by atoms with E-state index in [0.717, 1.165) is 18.8 Å². The first-order valence-corrected chi connectivity index (χ1v) is 10.2. The third-order valence-corrected chi connectivity index (χ3v) is 5.07. The molecule has 1 atom stereocenters. The number of hydrogen-bond acceptors (Lipinski definition) is 6. The smallest absolute Gasteiger partial charge is 0.267 e. The van der Waals surface area contributed by atoms with Gasteiger partial charge in [0.25, 0.3) is 5.91 Å². The molecule has 7 heteroatoms. The molecule has 0 unspecified atom stereocenters. The largest absolute Gasteiger partial charge is 0.493 e. The maximum Gasteiger partial charge on any atom is 0.267 e. The summed E-state index contributed by atoms with van der Waals surface area (Å²) in [7, 11) is 3.13. The fourth-order valence-corrected chi connectivity index (χ4v) is 3.39. The summed E-state index contributed by atoms with van der Waals surface area (Å²) in [5.41, 5.74) is 2.61. The van der Waals surface area contributed by atoms with Crippen molar-refractivity contribution in [3.05, 3.63) is 48.0 Å². The van der Waals surface area contributed by atoms with Crippen LogP contribution in [-0.4, -0.2) is 45.5 Å². The van der Waals surface area contributed by atoms with E-state index in [9.17, 15) is 4.79 Å². The fourth-order valence-electron chi connectivity index (χ4n) is 3.39. The van der Waals surface area contributed by atoms with Crippen molar-refractivity contribution in [3.63, 3.8) is 0 Å². The molecule has 7 nitrogen and oxygen atoms in total. The highest BCUT2D eigenvalue weighted by atomic mass is 16.6. The van der Waals surface area contributed by atoms with Crippen molar-refractivity contribution in [2.45, 2.75) is 32.3 Å². The van der Waals surface area contributed by atoms with Gasteiger partial charge in [0, 0.05) is 30.0 Å². The van der Waals surface area contributed by atoms with Gasteiger partial charge in [-0.3, -0.25) is 4.79 Å². The Balaban J connectivity index is 1.54. The average Bonchev–Trinajstić information content (AvgIpc) is 2.79. The van der Waals surface area contributed by atoms with E-state index in [4.69, 9.17) is 14.3 Å². The molecule has 0 bridgehead atoms. The molecular weight excluding hydrogens is 382 g/mol. The Morgan fingerprint density at radius 1 is 1.07 bits per heavy atom. The number of ether oxygens (including phenoxy) is 2. The summed E-state index contributed by atoms with van der Waals surface area (Å²) in [4.78, 5) is 20.1. The number of carbonyl (C=O) groups is 1. The standard InChI is InChI=1S/C23H29N3O4/c1-17(30-24-16-18-8-7-9-21(28-2)22(18)29-3)23(27)25-19-10-12-20(13-11-19)26-14-5-4-6-15-26/h7-13,16-17H,4-6,14-15H2,1-3H3,(H,25,27)/b24-16-/t17-/m1/s1. The zero-order valence-corrected chi connectivity index (χ0v) is 17.8. The molecule has 2 aromatic carbocycles. The minimum Gasteiger partial charge on any atom is -0.493 e. The number of nitrogens with one attached hydrogen (secondary N) is 1. The molecule has 1 saturated heterocycles. The SMILES string of the molecule is COc1cccc(/C=N\O[C@H](C)C(=O)Nc2ccc(N3CCCCC3)cc2)c1OC. The van der Waals surface area contributed by atoms with Crippen molar-refractivity contribution < 1.29 is 19.1 Å². The van der Waals surface area contributed by atoms with Gasteiger partial charge >= 0.3 is 0 Å². The van der Waals surface area contributed by atoms with Gasteiger partial charge in [-0.2, -0.15) is 0 Å². The summed E-state index contributed by atoms with van der Waals surface area (Å²) in [6, 6.07) is 13.4. The van der Waals surface area contributed by atoms with E-state index >= 15 is 0 Å². The second-order valence-electron chi connectivity index (χ2n) is 7.15. The number of nitrogens with zero attached hydrogens (tertiary/aromatic N) is 2. The van der Waals surface area contributed by atoms with Gasteiger partial charge in [-0.15, -0.1) is 0 Å². The van der Waals surface area contributed by atoms with Crippen LogP contribution in [0.5, 0.6) is 11.5 Å². The maximum atomic E-state index is 12.4. The third kappa shape index (κ3) is 5.43. The van der Waals surface area contributed by atoms with Crippen LogP contribution in [0.15, 0.2) is 47.6 Å². The molecule has 0 saturated carbocycles. The summed E-state index contributed by atoms with van der Waals surface area (Å²) in [6.07, 6.45) is 4.51. The molecule has 0 spiro atoms. The van der Waals surface area contributed by atoms with Gasteiger partial charge < -0.3 is 24.5 Å². The number of oxime groups is 1. The molecule has 160 valence electrons. The Hall–Kier alpha value is -3.22. The molecule has 1 fully saturated rings. The van der Waals surface area contributed by atoms with Crippen LogP contribution in [0.2, 0.25) is 0 Å². The van der Waals surface area contributed by atoms with Crippen molar-refractivity contribution in [2.24, 2.45) is 5.16 Å². The number of carbonyl (C=O) groups excluding carboxylic acids is 1. The van der Waals surface area contributed by atoms with E-state index in [2.05, 4.69) is 15.4 Å². The van der Waals surface area contributed by atoms with Crippen LogP contribution in [0.1, 0.15) is 31.7 Å². The van der Waals surface area contributed by atoms with Crippen LogP contribution < -0.4 is 19.7 Å². The van der Waals surface area contributed by atoms with Crippen LogP contribution in [-0.2, 0) is 9.63 Å². The van der Waals surface area contributed by atoms with Crippen molar-refractivity contribution in [3.8, 4) is 11.5 Å². The Bertz CT molecular complexity index is 861. The minimum atomic E-state index is -0.750. The fraction of sp³-hybridized carbons (Fsp3) is 0.391. The van der Waals surface area contributed by atoms with E-state index in [0.29, 0.717) is 17.1 Å². The van der Waals surface area contributed by atoms with Crippen molar-refractivity contribution >= 4 is 23.5 Å². The Morgan fingerprint density at radius 3 is 2.47 bits per heavy atom. The van der Waals surface area contributed by atoms with E-state index in [1.54, 1.807) is 27.2 Å². The van der Waals surface area contributed by atoms with Gasteiger partial charge in [-0.25, -0.2) is 0 Å². The molecule has 1 amide bonds. The minimum absolute atomic E-state index is 0.268. The first-order valence-electron chi connectivity index (χ1n) is 10.2. The molecule has 1 aliphatic rings. The zero-order valence-electron chi connectivity index (χ0n) is 17.8. The second kappa shape index (κ2) is 10.5. The number of hydrogen-bond donors (Lipinski definition) is 1. The first kappa shape index (κ1) is 21.5. The number of amides is 1. The number of piperidine rings is 1. The third-order valence-electron chi connectivity index (χ3n) is 5.07. The normalized spacial score (nSPS) is 15.0. The molecule has 1 N–H and O–H groups in total. The van der Waals surface area contributed by atoms with Gasteiger partial charge in [0.15, 0.2) is 11.5 Å². The Morgan fingerprint density at radius 2 is 1.80 bits per heavy atom. The van der Waals surface area contributed by atoms with Gasteiger partial charge in [-0.1, -0.05) is 11.2 Å². The molecule has 1 aliphatic heterocycles.